The van der Waals surface area contributed by atoms with Crippen LogP contribution >= 0.6 is 22.9 Å². The molecule has 0 radical (unpaired) electrons. The third kappa shape index (κ3) is 1.38. The Bertz CT molecular complexity index is 603. The molecule has 3 rings (SSSR count). The van der Waals surface area contributed by atoms with Gasteiger partial charge in [-0.05, 0) is 0 Å². The number of aromatic nitrogens is 5. The number of halogens is 1. The highest BCUT2D eigenvalue weighted by Gasteiger charge is 2.08. The molecule has 0 unspecified atom stereocenters. The van der Waals surface area contributed by atoms with Crippen LogP contribution in [0.1, 0.15) is 0 Å². The molecule has 0 aromatic carbocycles. The van der Waals surface area contributed by atoms with Crippen LogP contribution in [0, 0.1) is 0 Å². The van der Waals surface area contributed by atoms with Gasteiger partial charge in [-0.1, -0.05) is 11.6 Å². The summed E-state index contributed by atoms with van der Waals surface area (Å²) < 4.78 is 0.853. The average Bonchev–Trinajstić information content (AvgIpc) is 2.86. The van der Waals surface area contributed by atoms with Gasteiger partial charge in [0.1, 0.15) is 16.5 Å². The van der Waals surface area contributed by atoms with Crippen LogP contribution in [-0.2, 0) is 0 Å². The molecule has 0 atom stereocenters. The summed E-state index contributed by atoms with van der Waals surface area (Å²) in [6.45, 7) is 0. The minimum absolute atomic E-state index is 0.461. The Morgan fingerprint density at radius 3 is 2.73 bits per heavy atom. The van der Waals surface area contributed by atoms with Crippen molar-refractivity contribution in [2.45, 2.75) is 0 Å². The lowest BCUT2D eigenvalue weighted by Gasteiger charge is -1.89. The molecule has 0 aliphatic heterocycles. The second-order valence-corrected chi connectivity index (χ2v) is 4.17. The van der Waals surface area contributed by atoms with E-state index in [1.54, 1.807) is 12.4 Å². The quantitative estimate of drug-likeness (QED) is 0.607. The fraction of sp³-hybridized carbons (Fsp3) is 0. The van der Waals surface area contributed by atoms with Gasteiger partial charge in [-0.15, -0.1) is 16.1 Å². The van der Waals surface area contributed by atoms with Crippen LogP contribution in [-0.4, -0.2) is 25.0 Å². The highest BCUT2D eigenvalue weighted by Crippen LogP contribution is 2.30. The zero-order valence-electron chi connectivity index (χ0n) is 7.33. The predicted octanol–water partition coefficient (Wildman–Crippen LogP) is 1.93. The molecule has 0 saturated heterocycles. The highest BCUT2D eigenvalue weighted by atomic mass is 35.5. The molecule has 0 N–H and O–H groups in total. The molecule has 0 bridgehead atoms. The summed E-state index contributed by atoms with van der Waals surface area (Å²) in [7, 11) is 0. The van der Waals surface area contributed by atoms with Crippen molar-refractivity contribution in [2.75, 3.05) is 0 Å². The van der Waals surface area contributed by atoms with Crippen LogP contribution in [0.25, 0.3) is 15.2 Å². The van der Waals surface area contributed by atoms with E-state index in [0.29, 0.717) is 5.15 Å². The number of rotatable bonds is 1. The monoisotopic (exact) mass is 237 g/mol. The van der Waals surface area contributed by atoms with Crippen LogP contribution in [0.15, 0.2) is 24.8 Å². The van der Waals surface area contributed by atoms with Crippen molar-refractivity contribution < 1.29 is 0 Å². The van der Waals surface area contributed by atoms with Crippen molar-refractivity contribution in [3.8, 4) is 5.00 Å². The second kappa shape index (κ2) is 3.25. The molecule has 0 fully saturated rings. The Kier molecular flexibility index (Phi) is 1.90. The SMILES string of the molecule is Clc1ncnc2cc(-n3nccn3)sc12. The summed E-state index contributed by atoms with van der Waals surface area (Å²) in [5, 5.41) is 9.41. The Hall–Kier alpha value is -1.53. The average molecular weight is 238 g/mol. The van der Waals surface area contributed by atoms with E-state index >= 15 is 0 Å². The Morgan fingerprint density at radius 1 is 1.20 bits per heavy atom. The molecular weight excluding hydrogens is 234 g/mol. The molecule has 0 spiro atoms. The van der Waals surface area contributed by atoms with Gasteiger partial charge in [0, 0.05) is 6.07 Å². The summed E-state index contributed by atoms with van der Waals surface area (Å²) in [5.74, 6) is 0. The van der Waals surface area contributed by atoms with E-state index in [-0.39, 0.29) is 0 Å². The number of nitrogens with zero attached hydrogens (tertiary/aromatic N) is 5. The molecule has 7 heteroatoms. The number of thiophene rings is 1. The lowest BCUT2D eigenvalue weighted by Crippen LogP contribution is -1.93. The summed E-state index contributed by atoms with van der Waals surface area (Å²) in [6.07, 6.45) is 4.69. The molecule has 3 heterocycles. The molecular formula is C8H4ClN5S. The lowest BCUT2D eigenvalue weighted by molar-refractivity contribution is 0.765. The first-order chi connectivity index (χ1) is 7.34. The van der Waals surface area contributed by atoms with E-state index in [1.165, 1.54) is 22.5 Å². The third-order valence-corrected chi connectivity index (χ3v) is 3.37. The van der Waals surface area contributed by atoms with Gasteiger partial charge in [-0.25, -0.2) is 9.97 Å². The molecule has 0 aliphatic carbocycles. The van der Waals surface area contributed by atoms with Crippen molar-refractivity contribution in [3.63, 3.8) is 0 Å². The van der Waals surface area contributed by atoms with Gasteiger partial charge in [-0.2, -0.15) is 10.2 Å². The van der Waals surface area contributed by atoms with E-state index in [1.807, 2.05) is 6.07 Å². The summed E-state index contributed by atoms with van der Waals surface area (Å²) >= 11 is 7.40. The Balaban J connectivity index is 2.27. The fourth-order valence-electron chi connectivity index (χ4n) is 1.24. The highest BCUT2D eigenvalue weighted by molar-refractivity contribution is 7.21. The second-order valence-electron chi connectivity index (χ2n) is 2.78. The summed E-state index contributed by atoms with van der Waals surface area (Å²) in [5.41, 5.74) is 0.812. The van der Waals surface area contributed by atoms with Crippen LogP contribution in [0.4, 0.5) is 0 Å². The first-order valence-corrected chi connectivity index (χ1v) is 5.31. The summed E-state index contributed by atoms with van der Waals surface area (Å²) in [6, 6.07) is 1.88. The van der Waals surface area contributed by atoms with Gasteiger partial charge in [0.05, 0.1) is 22.6 Å². The van der Waals surface area contributed by atoms with Crippen molar-refractivity contribution in [2.24, 2.45) is 0 Å². The van der Waals surface area contributed by atoms with E-state index in [4.69, 9.17) is 11.6 Å². The number of hydrogen-bond donors (Lipinski definition) is 0. The maximum atomic E-state index is 5.94. The fourth-order valence-corrected chi connectivity index (χ4v) is 2.41. The molecule has 0 saturated carbocycles. The maximum Gasteiger partial charge on any atom is 0.150 e. The maximum absolute atomic E-state index is 5.94. The number of hydrogen-bond acceptors (Lipinski definition) is 5. The first kappa shape index (κ1) is 8.75. The molecule has 0 aliphatic rings. The van der Waals surface area contributed by atoms with Crippen LogP contribution in [0.3, 0.4) is 0 Å². The smallest absolute Gasteiger partial charge is 0.150 e. The Morgan fingerprint density at radius 2 is 2.00 bits per heavy atom. The minimum Gasteiger partial charge on any atom is -0.235 e. The molecule has 0 amide bonds. The molecule has 74 valence electrons. The van der Waals surface area contributed by atoms with Gasteiger partial charge in [-0.3, -0.25) is 0 Å². The van der Waals surface area contributed by atoms with Crippen molar-refractivity contribution in [1.82, 2.24) is 25.0 Å². The topological polar surface area (TPSA) is 56.5 Å². The normalized spacial score (nSPS) is 11.0. The van der Waals surface area contributed by atoms with Gasteiger partial charge < -0.3 is 0 Å². The largest absolute Gasteiger partial charge is 0.235 e. The van der Waals surface area contributed by atoms with Gasteiger partial charge in [0.15, 0.2) is 0 Å². The van der Waals surface area contributed by atoms with E-state index in [0.717, 1.165) is 15.2 Å². The van der Waals surface area contributed by atoms with Crippen LogP contribution in [0.5, 0.6) is 0 Å². The zero-order valence-corrected chi connectivity index (χ0v) is 8.90. The van der Waals surface area contributed by atoms with Crippen LogP contribution in [0.2, 0.25) is 5.15 Å². The standard InChI is InChI=1S/C8H4ClN5S/c9-8-7-5(10-4-11-8)3-6(15-7)14-12-1-2-13-14/h1-4H. The van der Waals surface area contributed by atoms with Crippen molar-refractivity contribution in [1.29, 1.82) is 0 Å². The van der Waals surface area contributed by atoms with E-state index in [2.05, 4.69) is 20.2 Å². The van der Waals surface area contributed by atoms with Gasteiger partial charge in [0.2, 0.25) is 0 Å². The molecule has 5 nitrogen and oxygen atoms in total. The zero-order chi connectivity index (χ0) is 10.3. The minimum atomic E-state index is 0.461. The Labute approximate surface area is 93.3 Å². The van der Waals surface area contributed by atoms with E-state index < -0.39 is 0 Å². The van der Waals surface area contributed by atoms with Crippen molar-refractivity contribution >= 4 is 33.2 Å². The molecule has 15 heavy (non-hydrogen) atoms. The van der Waals surface area contributed by atoms with Gasteiger partial charge >= 0.3 is 0 Å². The lowest BCUT2D eigenvalue weighted by atomic mass is 10.5. The third-order valence-electron chi connectivity index (χ3n) is 1.87. The van der Waals surface area contributed by atoms with Crippen molar-refractivity contribution in [3.05, 3.63) is 29.9 Å². The first-order valence-electron chi connectivity index (χ1n) is 4.11. The van der Waals surface area contributed by atoms with E-state index in [9.17, 15) is 0 Å². The molecule has 3 aromatic heterocycles. The predicted molar refractivity (Wildman–Crippen MR) is 57.3 cm³/mol. The van der Waals surface area contributed by atoms with Crippen LogP contribution < -0.4 is 0 Å². The number of fused-ring (bicyclic) bond motifs is 1. The molecule has 3 aromatic rings. The van der Waals surface area contributed by atoms with Gasteiger partial charge in [0.25, 0.3) is 0 Å². The summed E-state index contributed by atoms with van der Waals surface area (Å²) in [4.78, 5) is 9.57.